The fourth-order valence-electron chi connectivity index (χ4n) is 3.05. The van der Waals surface area contributed by atoms with E-state index in [0.29, 0.717) is 6.10 Å². The van der Waals surface area contributed by atoms with Crippen LogP contribution in [0, 0.1) is 12.8 Å². The van der Waals surface area contributed by atoms with Gasteiger partial charge in [0.05, 0.1) is 0 Å². The molecule has 1 fully saturated rings. The predicted molar refractivity (Wildman–Crippen MR) is 80.4 cm³/mol. The van der Waals surface area contributed by atoms with E-state index in [1.54, 1.807) is 0 Å². The molecule has 0 aromatic heterocycles. The van der Waals surface area contributed by atoms with Crippen molar-refractivity contribution in [2.24, 2.45) is 11.7 Å². The third kappa shape index (κ3) is 3.50. The van der Waals surface area contributed by atoms with Crippen molar-refractivity contribution in [1.82, 2.24) is 0 Å². The summed E-state index contributed by atoms with van der Waals surface area (Å²) < 4.78 is 6.28. The molecule has 1 aliphatic rings. The summed E-state index contributed by atoms with van der Waals surface area (Å²) in [5.41, 5.74) is 8.30. The zero-order chi connectivity index (χ0) is 13.8. The lowest BCUT2D eigenvalue weighted by molar-refractivity contribution is 0.0897. The lowest BCUT2D eigenvalue weighted by Gasteiger charge is -2.31. The first-order valence-corrected chi connectivity index (χ1v) is 7.64. The Morgan fingerprint density at radius 2 is 2.05 bits per heavy atom. The molecule has 2 heteroatoms. The Kier molecular flexibility index (Phi) is 4.87. The van der Waals surface area contributed by atoms with Crippen LogP contribution in [0.3, 0.4) is 0 Å². The Morgan fingerprint density at radius 1 is 1.32 bits per heavy atom. The van der Waals surface area contributed by atoms with Crippen molar-refractivity contribution >= 4 is 0 Å². The van der Waals surface area contributed by atoms with E-state index in [9.17, 15) is 0 Å². The van der Waals surface area contributed by atoms with Crippen molar-refractivity contribution in [3.05, 3.63) is 29.3 Å². The highest BCUT2D eigenvalue weighted by Gasteiger charge is 2.25. The molecule has 0 spiro atoms. The summed E-state index contributed by atoms with van der Waals surface area (Å²) in [4.78, 5) is 0. The number of ether oxygens (including phenoxy) is 1. The van der Waals surface area contributed by atoms with E-state index in [1.165, 1.54) is 43.2 Å². The summed E-state index contributed by atoms with van der Waals surface area (Å²) in [6.07, 6.45) is 6.81. The number of aryl methyl sites for hydroxylation is 1. The highest BCUT2D eigenvalue weighted by atomic mass is 16.5. The van der Waals surface area contributed by atoms with Crippen LogP contribution in [0.5, 0.6) is 5.75 Å². The van der Waals surface area contributed by atoms with Crippen molar-refractivity contribution in [3.63, 3.8) is 0 Å². The first kappa shape index (κ1) is 14.4. The fraction of sp³-hybridized carbons (Fsp3) is 0.647. The molecule has 2 nitrogen and oxygen atoms in total. The minimum absolute atomic E-state index is 0.0887. The highest BCUT2D eigenvalue weighted by Crippen LogP contribution is 2.32. The van der Waals surface area contributed by atoms with Gasteiger partial charge in [-0.05, 0) is 62.6 Å². The van der Waals surface area contributed by atoms with Gasteiger partial charge >= 0.3 is 0 Å². The van der Waals surface area contributed by atoms with Crippen LogP contribution in [0.15, 0.2) is 18.2 Å². The van der Waals surface area contributed by atoms with Crippen molar-refractivity contribution in [3.8, 4) is 5.75 Å². The summed E-state index contributed by atoms with van der Waals surface area (Å²) in [5, 5.41) is 0. The van der Waals surface area contributed by atoms with Crippen molar-refractivity contribution < 1.29 is 4.74 Å². The number of rotatable bonds is 4. The molecule has 1 aromatic carbocycles. The van der Waals surface area contributed by atoms with Crippen LogP contribution in [0.2, 0.25) is 0 Å². The maximum absolute atomic E-state index is 6.28. The van der Waals surface area contributed by atoms with E-state index in [-0.39, 0.29) is 6.04 Å². The van der Waals surface area contributed by atoms with Gasteiger partial charge in [0.2, 0.25) is 0 Å². The van der Waals surface area contributed by atoms with Crippen LogP contribution in [0.1, 0.15) is 63.1 Å². The van der Waals surface area contributed by atoms with Crippen LogP contribution in [-0.4, -0.2) is 6.10 Å². The summed E-state index contributed by atoms with van der Waals surface area (Å²) in [6.45, 7) is 6.41. The Hall–Kier alpha value is -1.02. The molecule has 3 atom stereocenters. The van der Waals surface area contributed by atoms with Gasteiger partial charge < -0.3 is 10.5 Å². The zero-order valence-corrected chi connectivity index (χ0v) is 12.5. The number of benzene rings is 1. The molecule has 2 rings (SSSR count). The Balaban J connectivity index is 2.09. The number of hydrogen-bond donors (Lipinski definition) is 1. The third-order valence-electron chi connectivity index (χ3n) is 4.37. The van der Waals surface area contributed by atoms with Gasteiger partial charge in [0.15, 0.2) is 0 Å². The maximum atomic E-state index is 6.28. The Morgan fingerprint density at radius 3 is 2.68 bits per heavy atom. The molecule has 0 saturated heterocycles. The van der Waals surface area contributed by atoms with Crippen LogP contribution in [-0.2, 0) is 0 Å². The van der Waals surface area contributed by atoms with E-state index in [2.05, 4.69) is 32.0 Å². The lowest BCUT2D eigenvalue weighted by Crippen LogP contribution is -2.30. The maximum Gasteiger partial charge on any atom is 0.122 e. The lowest BCUT2D eigenvalue weighted by atomic mass is 9.84. The minimum atomic E-state index is 0.0887. The van der Waals surface area contributed by atoms with Crippen LogP contribution < -0.4 is 10.5 Å². The van der Waals surface area contributed by atoms with Crippen molar-refractivity contribution in [2.45, 2.75) is 65.0 Å². The molecule has 0 amide bonds. The van der Waals surface area contributed by atoms with Crippen molar-refractivity contribution in [1.29, 1.82) is 0 Å². The molecule has 2 unspecified atom stereocenters. The van der Waals surface area contributed by atoms with E-state index >= 15 is 0 Å². The van der Waals surface area contributed by atoms with Gasteiger partial charge in [-0.2, -0.15) is 0 Å². The Bertz CT molecular complexity index is 414. The molecule has 0 heterocycles. The molecular formula is C17H27NO. The molecule has 106 valence electrons. The second-order valence-corrected chi connectivity index (χ2v) is 5.92. The Labute approximate surface area is 117 Å². The van der Waals surface area contributed by atoms with Gasteiger partial charge in [0.25, 0.3) is 0 Å². The topological polar surface area (TPSA) is 35.2 Å². The van der Waals surface area contributed by atoms with E-state index in [4.69, 9.17) is 10.5 Å². The van der Waals surface area contributed by atoms with Crippen LogP contribution in [0.4, 0.5) is 0 Å². The van der Waals surface area contributed by atoms with Gasteiger partial charge in [0.1, 0.15) is 11.9 Å². The van der Waals surface area contributed by atoms with Crippen LogP contribution >= 0.6 is 0 Å². The molecule has 2 N–H and O–H groups in total. The van der Waals surface area contributed by atoms with Gasteiger partial charge in [-0.25, -0.2) is 0 Å². The average Bonchev–Trinajstić information content (AvgIpc) is 2.41. The largest absolute Gasteiger partial charge is 0.490 e. The van der Waals surface area contributed by atoms with Crippen LogP contribution in [0.25, 0.3) is 0 Å². The summed E-state index contributed by atoms with van der Waals surface area (Å²) in [6, 6.07) is 6.43. The molecule has 0 bridgehead atoms. The quantitative estimate of drug-likeness (QED) is 0.874. The second-order valence-electron chi connectivity index (χ2n) is 5.92. The average molecular weight is 261 g/mol. The smallest absolute Gasteiger partial charge is 0.122 e. The minimum Gasteiger partial charge on any atom is -0.490 e. The van der Waals surface area contributed by atoms with E-state index in [1.807, 2.05) is 6.92 Å². The van der Waals surface area contributed by atoms with Gasteiger partial charge in [-0.3, -0.25) is 0 Å². The third-order valence-corrected chi connectivity index (χ3v) is 4.37. The first-order chi connectivity index (χ1) is 9.11. The number of nitrogens with two attached hydrogens (primary N) is 1. The molecule has 0 radical (unpaired) electrons. The highest BCUT2D eigenvalue weighted by molar-refractivity contribution is 5.37. The number of hydrogen-bond acceptors (Lipinski definition) is 2. The summed E-state index contributed by atoms with van der Waals surface area (Å²) in [7, 11) is 0. The normalized spacial score (nSPS) is 25.1. The van der Waals surface area contributed by atoms with Gasteiger partial charge in [-0.1, -0.05) is 25.5 Å². The zero-order valence-electron chi connectivity index (χ0n) is 12.5. The molecular weight excluding hydrogens is 234 g/mol. The van der Waals surface area contributed by atoms with E-state index in [0.717, 1.165) is 11.7 Å². The van der Waals surface area contributed by atoms with Gasteiger partial charge in [0, 0.05) is 6.04 Å². The predicted octanol–water partition coefficient (Wildman–Crippen LogP) is 4.36. The summed E-state index contributed by atoms with van der Waals surface area (Å²) >= 11 is 0. The molecule has 19 heavy (non-hydrogen) atoms. The molecule has 1 aromatic rings. The monoisotopic (exact) mass is 261 g/mol. The van der Waals surface area contributed by atoms with Gasteiger partial charge in [-0.15, -0.1) is 0 Å². The SMILES string of the molecule is CCC1CCCCC1Oc1ccc([C@@H](C)N)cc1C. The standard InChI is InChI=1S/C17H27NO/c1-4-14-7-5-6-8-17(14)19-16-10-9-15(13(3)18)11-12(16)2/h9-11,13-14,17H,4-8,18H2,1-3H3/t13-,14?,17?/m1/s1. The fourth-order valence-corrected chi connectivity index (χ4v) is 3.05. The molecule has 0 aliphatic heterocycles. The summed E-state index contributed by atoms with van der Waals surface area (Å²) in [5.74, 6) is 1.76. The molecule has 1 saturated carbocycles. The van der Waals surface area contributed by atoms with Crippen molar-refractivity contribution in [2.75, 3.05) is 0 Å². The van der Waals surface area contributed by atoms with E-state index < -0.39 is 0 Å². The first-order valence-electron chi connectivity index (χ1n) is 7.64. The second kappa shape index (κ2) is 6.42. The molecule has 1 aliphatic carbocycles.